The van der Waals surface area contributed by atoms with Crippen LogP contribution in [-0.2, 0) is 14.3 Å². The van der Waals surface area contributed by atoms with E-state index in [1.165, 1.54) is 12.8 Å². The molecular formula is C16H33Cl2N3O3. The Morgan fingerprint density at radius 3 is 2.42 bits per heavy atom. The Morgan fingerprint density at radius 1 is 1.12 bits per heavy atom. The van der Waals surface area contributed by atoms with Crippen molar-refractivity contribution < 1.29 is 14.3 Å². The van der Waals surface area contributed by atoms with E-state index in [-0.39, 0.29) is 36.3 Å². The number of nitrogens with one attached hydrogen (secondary N) is 2. The number of nitrogens with zero attached hydrogens (tertiary/aromatic N) is 1. The van der Waals surface area contributed by atoms with Crippen molar-refractivity contribution in [2.45, 2.75) is 37.6 Å². The smallest absolute Gasteiger partial charge is 0.221 e. The number of carbonyl (C=O) groups excluding carboxylic acids is 1. The van der Waals surface area contributed by atoms with E-state index in [1.54, 1.807) is 7.11 Å². The minimum Gasteiger partial charge on any atom is -0.383 e. The summed E-state index contributed by atoms with van der Waals surface area (Å²) in [6.07, 6.45) is 5.40. The van der Waals surface area contributed by atoms with Crippen molar-refractivity contribution in [1.29, 1.82) is 0 Å². The number of hydrogen-bond acceptors (Lipinski definition) is 5. The standard InChI is InChI=1S/C16H31N3O3.2ClH/c1-21-11-8-17-6-7-18-15(20)14-16(4-2-3-5-16)19-9-12-22-13-10-19;;/h17H,2-14H2,1H3,(H,18,20);2*1H. The fourth-order valence-electron chi connectivity index (χ4n) is 3.63. The second-order valence-electron chi connectivity index (χ2n) is 6.30. The number of ether oxygens (including phenoxy) is 2. The first-order chi connectivity index (χ1) is 10.8. The number of carbonyl (C=O) groups is 1. The topological polar surface area (TPSA) is 62.8 Å². The van der Waals surface area contributed by atoms with Crippen molar-refractivity contribution in [3.63, 3.8) is 0 Å². The molecule has 2 rings (SSSR count). The van der Waals surface area contributed by atoms with Crippen molar-refractivity contribution in [3.05, 3.63) is 0 Å². The largest absolute Gasteiger partial charge is 0.383 e. The van der Waals surface area contributed by atoms with Crippen LogP contribution >= 0.6 is 24.8 Å². The molecule has 2 fully saturated rings. The van der Waals surface area contributed by atoms with E-state index in [4.69, 9.17) is 9.47 Å². The average molecular weight is 386 g/mol. The summed E-state index contributed by atoms with van der Waals surface area (Å²) in [7, 11) is 1.69. The van der Waals surface area contributed by atoms with Crippen LogP contribution in [0.15, 0.2) is 0 Å². The SMILES string of the molecule is COCCNCCNC(=O)CC1(N2CCOCC2)CCCC1.Cl.Cl. The third-order valence-corrected chi connectivity index (χ3v) is 4.81. The van der Waals surface area contributed by atoms with Gasteiger partial charge in [-0.25, -0.2) is 0 Å². The highest BCUT2D eigenvalue weighted by Crippen LogP contribution is 2.38. The van der Waals surface area contributed by atoms with Crippen molar-refractivity contribution in [2.75, 3.05) is 59.7 Å². The second kappa shape index (κ2) is 13.1. The van der Waals surface area contributed by atoms with Gasteiger partial charge in [-0.05, 0) is 12.8 Å². The van der Waals surface area contributed by atoms with Gasteiger partial charge in [-0.1, -0.05) is 12.8 Å². The predicted molar refractivity (Wildman–Crippen MR) is 100 cm³/mol. The highest BCUT2D eigenvalue weighted by molar-refractivity contribution is 5.85. The first kappa shape index (κ1) is 23.9. The third-order valence-electron chi connectivity index (χ3n) is 4.81. The lowest BCUT2D eigenvalue weighted by Crippen LogP contribution is -2.54. The lowest BCUT2D eigenvalue weighted by Gasteiger charge is -2.43. The maximum atomic E-state index is 12.3. The van der Waals surface area contributed by atoms with E-state index in [1.807, 2.05) is 0 Å². The quantitative estimate of drug-likeness (QED) is 0.584. The van der Waals surface area contributed by atoms with E-state index >= 15 is 0 Å². The molecule has 6 nitrogen and oxygen atoms in total. The van der Waals surface area contributed by atoms with Crippen LogP contribution in [0.4, 0.5) is 0 Å². The molecule has 0 atom stereocenters. The Balaban J connectivity index is 0.00000264. The molecule has 144 valence electrons. The second-order valence-corrected chi connectivity index (χ2v) is 6.30. The van der Waals surface area contributed by atoms with Gasteiger partial charge in [-0.3, -0.25) is 9.69 Å². The van der Waals surface area contributed by atoms with Gasteiger partial charge in [0.1, 0.15) is 0 Å². The van der Waals surface area contributed by atoms with E-state index in [9.17, 15) is 4.79 Å². The van der Waals surface area contributed by atoms with E-state index < -0.39 is 0 Å². The highest BCUT2D eigenvalue weighted by atomic mass is 35.5. The predicted octanol–water partition coefficient (Wildman–Crippen LogP) is 1.22. The molecule has 0 aromatic rings. The molecule has 1 heterocycles. The molecule has 2 N–H and O–H groups in total. The summed E-state index contributed by atoms with van der Waals surface area (Å²) >= 11 is 0. The zero-order valence-electron chi connectivity index (χ0n) is 14.7. The number of rotatable bonds is 9. The van der Waals surface area contributed by atoms with Crippen molar-refractivity contribution in [2.24, 2.45) is 0 Å². The number of morpholine rings is 1. The Hall–Kier alpha value is -0.110. The summed E-state index contributed by atoms with van der Waals surface area (Å²) in [6.45, 7) is 6.52. The van der Waals surface area contributed by atoms with Crippen LogP contribution in [0.5, 0.6) is 0 Å². The van der Waals surface area contributed by atoms with E-state index in [0.29, 0.717) is 19.6 Å². The van der Waals surface area contributed by atoms with Crippen LogP contribution in [0, 0.1) is 0 Å². The fraction of sp³-hybridized carbons (Fsp3) is 0.938. The lowest BCUT2D eigenvalue weighted by molar-refractivity contribution is -0.125. The highest BCUT2D eigenvalue weighted by Gasteiger charge is 2.41. The molecule has 0 spiro atoms. The average Bonchev–Trinajstić information content (AvgIpc) is 3.01. The molecule has 1 aliphatic carbocycles. The molecule has 1 amide bonds. The number of hydrogen-bond donors (Lipinski definition) is 2. The van der Waals surface area contributed by atoms with Gasteiger partial charge in [0.15, 0.2) is 0 Å². The normalized spacial score (nSPS) is 20.0. The monoisotopic (exact) mass is 385 g/mol. The van der Waals surface area contributed by atoms with Crippen LogP contribution < -0.4 is 10.6 Å². The first-order valence-electron chi connectivity index (χ1n) is 8.56. The molecule has 0 bridgehead atoms. The Morgan fingerprint density at radius 2 is 1.79 bits per heavy atom. The van der Waals surface area contributed by atoms with Gasteiger partial charge in [-0.2, -0.15) is 0 Å². The van der Waals surface area contributed by atoms with Crippen LogP contribution in [0.2, 0.25) is 0 Å². The maximum Gasteiger partial charge on any atom is 0.221 e. The Labute approximate surface area is 158 Å². The molecule has 1 saturated heterocycles. The van der Waals surface area contributed by atoms with Crippen LogP contribution in [0.1, 0.15) is 32.1 Å². The molecular weight excluding hydrogens is 353 g/mol. The molecule has 0 aromatic heterocycles. The van der Waals surface area contributed by atoms with Crippen molar-refractivity contribution in [3.8, 4) is 0 Å². The van der Waals surface area contributed by atoms with Crippen molar-refractivity contribution >= 4 is 30.7 Å². The van der Waals surface area contributed by atoms with Gasteiger partial charge in [0.05, 0.1) is 19.8 Å². The van der Waals surface area contributed by atoms with Gasteiger partial charge in [0.25, 0.3) is 0 Å². The minimum atomic E-state index is 0. The maximum absolute atomic E-state index is 12.3. The van der Waals surface area contributed by atoms with Gasteiger partial charge >= 0.3 is 0 Å². The zero-order valence-corrected chi connectivity index (χ0v) is 16.3. The lowest BCUT2D eigenvalue weighted by atomic mass is 9.90. The summed E-state index contributed by atoms with van der Waals surface area (Å²) in [5.41, 5.74) is 0.0807. The fourth-order valence-corrected chi connectivity index (χ4v) is 3.63. The zero-order chi connectivity index (χ0) is 15.7. The van der Waals surface area contributed by atoms with Crippen molar-refractivity contribution in [1.82, 2.24) is 15.5 Å². The van der Waals surface area contributed by atoms with E-state index in [2.05, 4.69) is 15.5 Å². The summed E-state index contributed by atoms with van der Waals surface area (Å²) in [4.78, 5) is 14.8. The summed E-state index contributed by atoms with van der Waals surface area (Å²) < 4.78 is 10.4. The molecule has 1 saturated carbocycles. The molecule has 0 aromatic carbocycles. The Bertz CT molecular complexity index is 337. The summed E-state index contributed by atoms with van der Waals surface area (Å²) in [6, 6.07) is 0. The number of methoxy groups -OCH3 is 1. The van der Waals surface area contributed by atoms with Gasteiger partial charge in [0, 0.05) is 51.8 Å². The van der Waals surface area contributed by atoms with Crippen LogP contribution in [0.3, 0.4) is 0 Å². The molecule has 24 heavy (non-hydrogen) atoms. The first-order valence-corrected chi connectivity index (χ1v) is 8.56. The molecule has 1 aliphatic heterocycles. The summed E-state index contributed by atoms with van der Waals surface area (Å²) in [5, 5.41) is 6.29. The van der Waals surface area contributed by atoms with Gasteiger partial charge in [0.2, 0.25) is 5.91 Å². The molecule has 0 radical (unpaired) electrons. The summed E-state index contributed by atoms with van der Waals surface area (Å²) in [5.74, 6) is 0.182. The molecule has 8 heteroatoms. The van der Waals surface area contributed by atoms with Gasteiger partial charge in [-0.15, -0.1) is 24.8 Å². The number of amides is 1. The van der Waals surface area contributed by atoms with Crippen LogP contribution in [-0.4, -0.2) is 76.0 Å². The van der Waals surface area contributed by atoms with Gasteiger partial charge < -0.3 is 20.1 Å². The minimum absolute atomic E-state index is 0. The molecule has 0 unspecified atom stereocenters. The van der Waals surface area contributed by atoms with Crippen LogP contribution in [0.25, 0.3) is 0 Å². The number of halogens is 2. The van der Waals surface area contributed by atoms with E-state index in [0.717, 1.165) is 52.2 Å². The molecule has 2 aliphatic rings. The Kier molecular flexibility index (Phi) is 13.1. The third kappa shape index (κ3) is 7.42.